The molecule has 0 radical (unpaired) electrons. The second kappa shape index (κ2) is 7.62. The lowest BCUT2D eigenvalue weighted by Gasteiger charge is -2.13. The summed E-state index contributed by atoms with van der Waals surface area (Å²) in [6.07, 6.45) is -0.206. The molecule has 0 spiro atoms. The van der Waals surface area contributed by atoms with Crippen molar-refractivity contribution in [3.63, 3.8) is 0 Å². The van der Waals surface area contributed by atoms with Crippen molar-refractivity contribution in [3.8, 4) is 0 Å². The monoisotopic (exact) mass is 336 g/mol. The highest BCUT2D eigenvalue weighted by Crippen LogP contribution is 2.22. The highest BCUT2D eigenvalue weighted by atomic mass is 35.5. The Labute approximate surface area is 140 Å². The lowest BCUT2D eigenvalue weighted by atomic mass is 10.1. The van der Waals surface area contributed by atoms with Crippen LogP contribution in [0.25, 0.3) is 0 Å². The normalized spacial score (nSPS) is 12.4. The minimum atomic E-state index is -0.883. The van der Waals surface area contributed by atoms with Gasteiger partial charge in [0.1, 0.15) is 0 Å². The second-order valence-corrected chi connectivity index (χ2v) is 6.27. The molecule has 0 aliphatic rings. The van der Waals surface area contributed by atoms with Gasteiger partial charge in [-0.05, 0) is 18.9 Å². The quantitative estimate of drug-likeness (QED) is 0.848. The third kappa shape index (κ3) is 4.56. The number of amides is 1. The number of rotatable bonds is 6. The highest BCUT2D eigenvalue weighted by Gasteiger charge is 2.19. The Balaban J connectivity index is 2.00. The molecular formula is C17H21ClN2O3. The van der Waals surface area contributed by atoms with Crippen molar-refractivity contribution in [1.29, 1.82) is 0 Å². The molecule has 1 atom stereocenters. The van der Waals surface area contributed by atoms with Crippen LogP contribution < -0.4 is 5.32 Å². The molecule has 0 unspecified atom stereocenters. The summed E-state index contributed by atoms with van der Waals surface area (Å²) in [5, 5.41) is 13.3. The molecule has 23 heavy (non-hydrogen) atoms. The molecule has 5 nitrogen and oxygen atoms in total. The zero-order chi connectivity index (χ0) is 17.0. The Morgan fingerprint density at radius 2 is 2.09 bits per heavy atom. The van der Waals surface area contributed by atoms with E-state index >= 15 is 0 Å². The number of benzene rings is 1. The molecule has 0 saturated heterocycles. The molecule has 0 bridgehead atoms. The van der Waals surface area contributed by atoms with Crippen LogP contribution in [-0.4, -0.2) is 22.5 Å². The topological polar surface area (TPSA) is 75.4 Å². The van der Waals surface area contributed by atoms with Crippen LogP contribution in [0.4, 0.5) is 0 Å². The molecule has 0 fully saturated rings. The Kier molecular flexibility index (Phi) is 5.80. The molecule has 1 heterocycles. The number of aliphatic hydroxyl groups is 1. The summed E-state index contributed by atoms with van der Waals surface area (Å²) in [5.41, 5.74) is 1.12. The fourth-order valence-electron chi connectivity index (χ4n) is 2.22. The number of aryl methyl sites for hydroxylation is 1. The summed E-state index contributed by atoms with van der Waals surface area (Å²) in [6.45, 7) is 5.88. The summed E-state index contributed by atoms with van der Waals surface area (Å²) in [4.78, 5) is 16.5. The van der Waals surface area contributed by atoms with Gasteiger partial charge in [0, 0.05) is 23.6 Å². The number of hydrogen-bond acceptors (Lipinski definition) is 4. The Morgan fingerprint density at radius 1 is 1.39 bits per heavy atom. The highest BCUT2D eigenvalue weighted by molar-refractivity contribution is 6.31. The molecule has 2 aromatic rings. The standard InChI is InChI=1S/C17H21ClN2O3/c1-10(2)8-15-20-11(3)16(23-15)17(22)19-9-14(21)12-6-4-5-7-13(12)18/h4-7,10,14,21H,8-9H2,1-3H3,(H,19,22)/t14-/m0/s1. The minimum absolute atomic E-state index is 0.0439. The van der Waals surface area contributed by atoms with Gasteiger partial charge >= 0.3 is 0 Å². The molecular weight excluding hydrogens is 316 g/mol. The summed E-state index contributed by atoms with van der Waals surface area (Å²) in [5.74, 6) is 0.739. The van der Waals surface area contributed by atoms with Gasteiger partial charge in [-0.1, -0.05) is 43.6 Å². The van der Waals surface area contributed by atoms with Gasteiger partial charge in [-0.15, -0.1) is 0 Å². The van der Waals surface area contributed by atoms with E-state index in [0.717, 1.165) is 0 Å². The molecule has 1 aromatic carbocycles. The molecule has 2 rings (SSSR count). The van der Waals surface area contributed by atoms with Crippen molar-refractivity contribution in [3.05, 3.63) is 52.2 Å². The third-order valence-electron chi connectivity index (χ3n) is 3.35. The number of halogens is 1. The number of nitrogens with zero attached hydrogens (tertiary/aromatic N) is 1. The van der Waals surface area contributed by atoms with Gasteiger partial charge in [0.15, 0.2) is 5.89 Å². The SMILES string of the molecule is Cc1nc(CC(C)C)oc1C(=O)NC[C@H](O)c1ccccc1Cl. The average molecular weight is 337 g/mol. The van der Waals surface area contributed by atoms with Gasteiger partial charge in [-0.3, -0.25) is 4.79 Å². The molecule has 0 aliphatic heterocycles. The van der Waals surface area contributed by atoms with Gasteiger partial charge in [0.05, 0.1) is 11.8 Å². The van der Waals surface area contributed by atoms with E-state index in [2.05, 4.69) is 24.1 Å². The summed E-state index contributed by atoms with van der Waals surface area (Å²) < 4.78 is 5.52. The number of aliphatic hydroxyl groups excluding tert-OH is 1. The van der Waals surface area contributed by atoms with Gasteiger partial charge in [-0.2, -0.15) is 0 Å². The maximum atomic E-state index is 12.2. The molecule has 124 valence electrons. The van der Waals surface area contributed by atoms with E-state index in [-0.39, 0.29) is 12.3 Å². The fourth-order valence-corrected chi connectivity index (χ4v) is 2.49. The largest absolute Gasteiger partial charge is 0.435 e. The van der Waals surface area contributed by atoms with Crippen LogP contribution in [0.5, 0.6) is 0 Å². The Hall–Kier alpha value is -1.85. The predicted octanol–water partition coefficient (Wildman–Crippen LogP) is 3.30. The molecule has 1 amide bonds. The fraction of sp³-hybridized carbons (Fsp3) is 0.412. The minimum Gasteiger partial charge on any atom is -0.435 e. The van der Waals surface area contributed by atoms with Crippen LogP contribution in [0, 0.1) is 12.8 Å². The van der Waals surface area contributed by atoms with Crippen molar-refractivity contribution >= 4 is 17.5 Å². The van der Waals surface area contributed by atoms with Crippen LogP contribution >= 0.6 is 11.6 Å². The van der Waals surface area contributed by atoms with Crippen LogP contribution in [0.1, 0.15) is 47.7 Å². The van der Waals surface area contributed by atoms with Crippen LogP contribution in [-0.2, 0) is 6.42 Å². The van der Waals surface area contributed by atoms with E-state index in [1.54, 1.807) is 31.2 Å². The molecule has 6 heteroatoms. The first-order chi connectivity index (χ1) is 10.9. The van der Waals surface area contributed by atoms with Gasteiger partial charge in [-0.25, -0.2) is 4.98 Å². The third-order valence-corrected chi connectivity index (χ3v) is 3.69. The average Bonchev–Trinajstić information content (AvgIpc) is 2.84. The van der Waals surface area contributed by atoms with E-state index in [1.807, 2.05) is 0 Å². The lowest BCUT2D eigenvalue weighted by Crippen LogP contribution is -2.28. The van der Waals surface area contributed by atoms with Crippen molar-refractivity contribution in [1.82, 2.24) is 10.3 Å². The van der Waals surface area contributed by atoms with Crippen molar-refractivity contribution < 1.29 is 14.3 Å². The van der Waals surface area contributed by atoms with Crippen molar-refractivity contribution in [2.45, 2.75) is 33.3 Å². The molecule has 0 saturated carbocycles. The first-order valence-corrected chi connectivity index (χ1v) is 7.93. The second-order valence-electron chi connectivity index (χ2n) is 5.87. The zero-order valence-electron chi connectivity index (χ0n) is 13.5. The summed E-state index contributed by atoms with van der Waals surface area (Å²) in [7, 11) is 0. The first kappa shape index (κ1) is 17.5. The number of carbonyl (C=O) groups is 1. The Morgan fingerprint density at radius 3 is 2.74 bits per heavy atom. The van der Waals surface area contributed by atoms with Crippen molar-refractivity contribution in [2.24, 2.45) is 5.92 Å². The summed E-state index contributed by atoms with van der Waals surface area (Å²) in [6, 6.07) is 6.98. The predicted molar refractivity (Wildman–Crippen MR) is 88.5 cm³/mol. The van der Waals surface area contributed by atoms with E-state index in [4.69, 9.17) is 16.0 Å². The number of aromatic nitrogens is 1. The molecule has 0 aliphatic carbocycles. The number of carbonyl (C=O) groups excluding carboxylic acids is 1. The van der Waals surface area contributed by atoms with E-state index < -0.39 is 12.0 Å². The lowest BCUT2D eigenvalue weighted by molar-refractivity contribution is 0.0886. The Bertz CT molecular complexity index is 682. The van der Waals surface area contributed by atoms with Crippen molar-refractivity contribution in [2.75, 3.05) is 6.54 Å². The van der Waals surface area contributed by atoms with E-state index in [0.29, 0.717) is 34.5 Å². The first-order valence-electron chi connectivity index (χ1n) is 7.55. The maximum Gasteiger partial charge on any atom is 0.289 e. The van der Waals surface area contributed by atoms with Crippen LogP contribution in [0.15, 0.2) is 28.7 Å². The summed E-state index contributed by atoms with van der Waals surface area (Å²) >= 11 is 6.03. The van der Waals surface area contributed by atoms with Gasteiger partial charge in [0.2, 0.25) is 5.76 Å². The smallest absolute Gasteiger partial charge is 0.289 e. The molecule has 2 N–H and O–H groups in total. The maximum absolute atomic E-state index is 12.2. The van der Waals surface area contributed by atoms with E-state index in [1.165, 1.54) is 0 Å². The van der Waals surface area contributed by atoms with Gasteiger partial charge in [0.25, 0.3) is 5.91 Å². The van der Waals surface area contributed by atoms with Crippen LogP contribution in [0.3, 0.4) is 0 Å². The zero-order valence-corrected chi connectivity index (χ0v) is 14.2. The number of oxazole rings is 1. The van der Waals surface area contributed by atoms with E-state index in [9.17, 15) is 9.90 Å². The van der Waals surface area contributed by atoms with Crippen LogP contribution in [0.2, 0.25) is 5.02 Å². The number of nitrogens with one attached hydrogen (secondary N) is 1. The number of hydrogen-bond donors (Lipinski definition) is 2. The molecule has 1 aromatic heterocycles. The van der Waals surface area contributed by atoms with Gasteiger partial charge < -0.3 is 14.8 Å².